The van der Waals surface area contributed by atoms with Crippen LogP contribution >= 0.6 is 0 Å². The van der Waals surface area contributed by atoms with Gasteiger partial charge < -0.3 is 15.2 Å². The molecule has 1 aromatic carbocycles. The van der Waals surface area contributed by atoms with E-state index in [9.17, 15) is 9.59 Å². The molecule has 2 heterocycles. The Kier molecular flexibility index (Phi) is 6.04. The number of rotatable bonds is 7. The summed E-state index contributed by atoms with van der Waals surface area (Å²) in [4.78, 5) is 29.4. The van der Waals surface area contributed by atoms with E-state index in [1.54, 1.807) is 0 Å². The van der Waals surface area contributed by atoms with Gasteiger partial charge >= 0.3 is 0 Å². The van der Waals surface area contributed by atoms with Crippen molar-refractivity contribution in [3.05, 3.63) is 53.1 Å². The van der Waals surface area contributed by atoms with Gasteiger partial charge in [0.1, 0.15) is 5.69 Å². The fraction of sp³-hybridized carbons (Fsp3) is 0.450. The predicted molar refractivity (Wildman–Crippen MR) is 100 cm³/mol. The molecule has 138 valence electrons. The molecule has 0 saturated carbocycles. The van der Waals surface area contributed by atoms with Crippen molar-refractivity contribution >= 4 is 11.8 Å². The fourth-order valence-corrected chi connectivity index (χ4v) is 3.26. The number of hydrogen-bond donors (Lipinski definition) is 2. The molecule has 0 spiro atoms. The minimum Gasteiger partial charge on any atom is -0.351 e. The SMILES string of the molecule is CCCNC(=O)c1nc(C(=O)NCCc2ccccc2)n2c1CCCC2. The Bertz CT molecular complexity index is 768. The Morgan fingerprint density at radius 1 is 1.08 bits per heavy atom. The second-order valence-corrected chi connectivity index (χ2v) is 6.59. The molecular formula is C20H26N4O2. The highest BCUT2D eigenvalue weighted by atomic mass is 16.2. The minimum atomic E-state index is -0.210. The first-order valence-electron chi connectivity index (χ1n) is 9.40. The third kappa shape index (κ3) is 4.12. The average Bonchev–Trinajstić information content (AvgIpc) is 3.07. The number of aromatic nitrogens is 2. The molecule has 6 nitrogen and oxygen atoms in total. The van der Waals surface area contributed by atoms with Gasteiger partial charge in [-0.05, 0) is 37.7 Å². The van der Waals surface area contributed by atoms with Gasteiger partial charge in [0.15, 0.2) is 5.82 Å². The summed E-state index contributed by atoms with van der Waals surface area (Å²) in [6.45, 7) is 3.91. The van der Waals surface area contributed by atoms with Crippen molar-refractivity contribution in [3.63, 3.8) is 0 Å². The molecule has 1 aliphatic rings. The summed E-state index contributed by atoms with van der Waals surface area (Å²) in [7, 11) is 0. The van der Waals surface area contributed by atoms with Crippen LogP contribution in [0.3, 0.4) is 0 Å². The van der Waals surface area contributed by atoms with Crippen LogP contribution in [-0.2, 0) is 19.4 Å². The Morgan fingerprint density at radius 2 is 1.85 bits per heavy atom. The Morgan fingerprint density at radius 3 is 2.62 bits per heavy atom. The van der Waals surface area contributed by atoms with Crippen LogP contribution in [0.5, 0.6) is 0 Å². The van der Waals surface area contributed by atoms with Crippen LogP contribution < -0.4 is 10.6 Å². The molecule has 2 amide bonds. The topological polar surface area (TPSA) is 76.0 Å². The average molecular weight is 354 g/mol. The van der Waals surface area contributed by atoms with Crippen LogP contribution in [0.1, 0.15) is 58.6 Å². The Hall–Kier alpha value is -2.63. The maximum Gasteiger partial charge on any atom is 0.287 e. The summed E-state index contributed by atoms with van der Waals surface area (Å²) < 4.78 is 1.92. The number of carbonyl (C=O) groups excluding carboxylic acids is 2. The maximum absolute atomic E-state index is 12.6. The Balaban J connectivity index is 1.71. The number of fused-ring (bicyclic) bond motifs is 1. The molecule has 2 aromatic rings. The molecule has 26 heavy (non-hydrogen) atoms. The van der Waals surface area contributed by atoms with Crippen molar-refractivity contribution < 1.29 is 9.59 Å². The number of carbonyl (C=O) groups is 2. The first-order chi connectivity index (χ1) is 12.7. The zero-order valence-corrected chi connectivity index (χ0v) is 15.3. The lowest BCUT2D eigenvalue weighted by atomic mass is 10.1. The molecule has 0 atom stereocenters. The Labute approximate surface area is 154 Å². The molecule has 1 aliphatic heterocycles. The zero-order chi connectivity index (χ0) is 18.4. The van der Waals surface area contributed by atoms with Crippen molar-refractivity contribution in [1.29, 1.82) is 0 Å². The van der Waals surface area contributed by atoms with Crippen molar-refractivity contribution in [2.45, 2.75) is 45.6 Å². The molecule has 3 rings (SSSR count). The van der Waals surface area contributed by atoms with Crippen LogP contribution in [0.2, 0.25) is 0 Å². The lowest BCUT2D eigenvalue weighted by molar-refractivity contribution is 0.0938. The lowest BCUT2D eigenvalue weighted by Crippen LogP contribution is -2.29. The van der Waals surface area contributed by atoms with Gasteiger partial charge in [-0.3, -0.25) is 9.59 Å². The highest BCUT2D eigenvalue weighted by Gasteiger charge is 2.27. The zero-order valence-electron chi connectivity index (χ0n) is 15.3. The highest BCUT2D eigenvalue weighted by Crippen LogP contribution is 2.21. The number of hydrogen-bond acceptors (Lipinski definition) is 3. The number of benzene rings is 1. The summed E-state index contributed by atoms with van der Waals surface area (Å²) >= 11 is 0. The van der Waals surface area contributed by atoms with Gasteiger partial charge in [-0.25, -0.2) is 4.98 Å². The van der Waals surface area contributed by atoms with Crippen molar-refractivity contribution in [1.82, 2.24) is 20.2 Å². The summed E-state index contributed by atoms with van der Waals surface area (Å²) in [5.74, 6) is -0.0335. The van der Waals surface area contributed by atoms with E-state index in [0.29, 0.717) is 24.6 Å². The van der Waals surface area contributed by atoms with Gasteiger partial charge in [0.2, 0.25) is 0 Å². The van der Waals surface area contributed by atoms with Gasteiger partial charge in [-0.15, -0.1) is 0 Å². The van der Waals surface area contributed by atoms with E-state index in [1.165, 1.54) is 5.56 Å². The standard InChI is InChI=1S/C20H26N4O2/c1-2-12-21-19(25)17-16-10-6-7-14-24(16)18(23-17)20(26)22-13-11-15-8-4-3-5-9-15/h3-5,8-9H,2,6-7,10-14H2,1H3,(H,21,25)(H,22,26). The van der Waals surface area contributed by atoms with E-state index in [-0.39, 0.29) is 11.8 Å². The molecule has 0 radical (unpaired) electrons. The van der Waals surface area contributed by atoms with Gasteiger partial charge in [0.05, 0.1) is 5.69 Å². The van der Waals surface area contributed by atoms with Crippen molar-refractivity contribution in [2.24, 2.45) is 0 Å². The van der Waals surface area contributed by atoms with Gasteiger partial charge in [-0.2, -0.15) is 0 Å². The monoisotopic (exact) mass is 354 g/mol. The van der Waals surface area contributed by atoms with Crippen LogP contribution in [-0.4, -0.2) is 34.5 Å². The molecule has 0 unspecified atom stereocenters. The van der Waals surface area contributed by atoms with Crippen LogP contribution in [0, 0.1) is 0 Å². The fourth-order valence-electron chi connectivity index (χ4n) is 3.26. The quantitative estimate of drug-likeness (QED) is 0.801. The van der Waals surface area contributed by atoms with Crippen LogP contribution in [0.4, 0.5) is 0 Å². The van der Waals surface area contributed by atoms with Crippen LogP contribution in [0.25, 0.3) is 0 Å². The lowest BCUT2D eigenvalue weighted by Gasteiger charge is -2.17. The molecule has 6 heteroatoms. The molecule has 2 N–H and O–H groups in total. The van der Waals surface area contributed by atoms with Gasteiger partial charge in [0.25, 0.3) is 11.8 Å². The number of nitrogens with one attached hydrogen (secondary N) is 2. The first kappa shape index (κ1) is 18.2. The molecule has 0 bridgehead atoms. The van der Waals surface area contributed by atoms with Gasteiger partial charge in [0, 0.05) is 19.6 Å². The molecular weight excluding hydrogens is 328 g/mol. The third-order valence-corrected chi connectivity index (χ3v) is 4.61. The number of nitrogens with zero attached hydrogens (tertiary/aromatic N) is 2. The summed E-state index contributed by atoms with van der Waals surface area (Å²) in [5.41, 5.74) is 2.47. The number of amides is 2. The van der Waals surface area contributed by atoms with E-state index in [4.69, 9.17) is 0 Å². The molecule has 0 fully saturated rings. The summed E-state index contributed by atoms with van der Waals surface area (Å²) in [6, 6.07) is 10.0. The maximum atomic E-state index is 12.6. The number of imidazole rings is 1. The van der Waals surface area contributed by atoms with E-state index in [1.807, 2.05) is 41.8 Å². The van der Waals surface area contributed by atoms with E-state index in [0.717, 1.165) is 44.3 Å². The summed E-state index contributed by atoms with van der Waals surface area (Å²) in [6.07, 6.45) is 4.45. The largest absolute Gasteiger partial charge is 0.351 e. The van der Waals surface area contributed by atoms with E-state index >= 15 is 0 Å². The second kappa shape index (κ2) is 8.65. The van der Waals surface area contributed by atoms with Crippen molar-refractivity contribution in [2.75, 3.05) is 13.1 Å². The molecule has 0 saturated heterocycles. The minimum absolute atomic E-state index is 0.180. The smallest absolute Gasteiger partial charge is 0.287 e. The van der Waals surface area contributed by atoms with E-state index < -0.39 is 0 Å². The third-order valence-electron chi connectivity index (χ3n) is 4.61. The predicted octanol–water partition coefficient (Wildman–Crippen LogP) is 2.33. The molecule has 0 aliphatic carbocycles. The van der Waals surface area contributed by atoms with E-state index in [2.05, 4.69) is 15.6 Å². The van der Waals surface area contributed by atoms with Crippen molar-refractivity contribution in [3.8, 4) is 0 Å². The van der Waals surface area contributed by atoms with Gasteiger partial charge in [-0.1, -0.05) is 37.3 Å². The summed E-state index contributed by atoms with van der Waals surface area (Å²) in [5, 5.41) is 5.81. The molecule has 1 aromatic heterocycles. The second-order valence-electron chi connectivity index (χ2n) is 6.59. The highest BCUT2D eigenvalue weighted by molar-refractivity contribution is 5.97. The normalized spacial score (nSPS) is 13.1. The first-order valence-corrected chi connectivity index (χ1v) is 9.40. The van der Waals surface area contributed by atoms with Crippen LogP contribution in [0.15, 0.2) is 30.3 Å².